The number of ether oxygens (including phenoxy) is 1. The lowest BCUT2D eigenvalue weighted by Gasteiger charge is -2.34. The van der Waals surface area contributed by atoms with E-state index >= 15 is 0 Å². The maximum Gasteiger partial charge on any atom is 0.185 e. The van der Waals surface area contributed by atoms with Gasteiger partial charge in [-0.2, -0.15) is 0 Å². The molecule has 0 radical (unpaired) electrons. The van der Waals surface area contributed by atoms with Crippen LogP contribution in [0.2, 0.25) is 0 Å². The molecular weight excluding hydrogens is 320 g/mol. The Hall–Kier alpha value is -1.50. The fourth-order valence-corrected chi connectivity index (χ4v) is 4.40. The van der Waals surface area contributed by atoms with E-state index < -0.39 is 0 Å². The van der Waals surface area contributed by atoms with Gasteiger partial charge in [0, 0.05) is 37.3 Å². The minimum Gasteiger partial charge on any atom is -0.378 e. The molecule has 2 saturated heterocycles. The van der Waals surface area contributed by atoms with Crippen LogP contribution in [0.4, 0.5) is 5.13 Å². The molecular formula is C18H24N4OS. The Morgan fingerprint density at radius 1 is 1.21 bits per heavy atom. The van der Waals surface area contributed by atoms with Crippen molar-refractivity contribution in [3.8, 4) is 0 Å². The molecule has 1 atom stereocenters. The van der Waals surface area contributed by atoms with Crippen LogP contribution in [0.5, 0.6) is 0 Å². The molecule has 4 heterocycles. The van der Waals surface area contributed by atoms with E-state index in [2.05, 4.69) is 32.3 Å². The lowest BCUT2D eigenvalue weighted by Crippen LogP contribution is -2.39. The molecule has 6 heteroatoms. The first-order chi connectivity index (χ1) is 11.8. The molecule has 0 saturated carbocycles. The van der Waals surface area contributed by atoms with Crippen LogP contribution in [0.3, 0.4) is 0 Å². The molecule has 0 aliphatic carbocycles. The Morgan fingerprint density at radius 2 is 2.08 bits per heavy atom. The smallest absolute Gasteiger partial charge is 0.185 e. The van der Waals surface area contributed by atoms with Crippen LogP contribution in [0.15, 0.2) is 23.6 Å². The highest BCUT2D eigenvalue weighted by Crippen LogP contribution is 2.31. The fourth-order valence-electron chi connectivity index (χ4n) is 3.48. The number of pyridine rings is 1. The molecule has 0 N–H and O–H groups in total. The topological polar surface area (TPSA) is 41.5 Å². The fraction of sp³-hybridized carbons (Fsp3) is 0.556. The number of anilines is 1. The number of aryl methyl sites for hydroxylation is 1. The molecule has 4 rings (SSSR count). The predicted octanol–water partition coefficient (Wildman–Crippen LogP) is 3.02. The Labute approximate surface area is 147 Å². The number of hydrogen-bond donors (Lipinski definition) is 0. The summed E-state index contributed by atoms with van der Waals surface area (Å²) in [5.74, 6) is 0. The van der Waals surface area contributed by atoms with Gasteiger partial charge in [0.1, 0.15) is 0 Å². The van der Waals surface area contributed by atoms with Crippen LogP contribution in [-0.2, 0) is 11.3 Å². The predicted molar refractivity (Wildman–Crippen MR) is 96.5 cm³/mol. The number of rotatable bonds is 4. The SMILES string of the molecule is Cc1cccc(CN2CCOC[C@H]2c2csc(N3CCCC3)n2)n1. The number of thiazole rings is 1. The Morgan fingerprint density at radius 3 is 2.92 bits per heavy atom. The quantitative estimate of drug-likeness (QED) is 0.853. The minimum absolute atomic E-state index is 0.230. The second-order valence-corrected chi connectivity index (χ2v) is 7.42. The first-order valence-corrected chi connectivity index (χ1v) is 9.62. The largest absolute Gasteiger partial charge is 0.378 e. The minimum atomic E-state index is 0.230. The molecule has 0 aromatic carbocycles. The molecule has 2 fully saturated rings. The first kappa shape index (κ1) is 16.0. The molecule has 128 valence electrons. The van der Waals surface area contributed by atoms with Crippen LogP contribution in [-0.4, -0.2) is 47.7 Å². The zero-order valence-corrected chi connectivity index (χ0v) is 15.0. The van der Waals surface area contributed by atoms with Crippen molar-refractivity contribution in [2.45, 2.75) is 32.4 Å². The molecule has 0 amide bonds. The van der Waals surface area contributed by atoms with Gasteiger partial charge in [0.2, 0.25) is 0 Å². The Kier molecular flexibility index (Phi) is 4.78. The Bertz CT molecular complexity index is 683. The van der Waals surface area contributed by atoms with Crippen LogP contribution >= 0.6 is 11.3 Å². The van der Waals surface area contributed by atoms with Crippen molar-refractivity contribution in [3.63, 3.8) is 0 Å². The van der Waals surface area contributed by atoms with Crippen molar-refractivity contribution in [2.24, 2.45) is 0 Å². The highest BCUT2D eigenvalue weighted by molar-refractivity contribution is 7.13. The number of morpholine rings is 1. The van der Waals surface area contributed by atoms with E-state index in [9.17, 15) is 0 Å². The van der Waals surface area contributed by atoms with E-state index in [1.807, 2.05) is 13.0 Å². The molecule has 5 nitrogen and oxygen atoms in total. The molecule has 0 spiro atoms. The lowest BCUT2D eigenvalue weighted by molar-refractivity contribution is -0.0145. The monoisotopic (exact) mass is 344 g/mol. The van der Waals surface area contributed by atoms with Gasteiger partial charge < -0.3 is 9.64 Å². The third kappa shape index (κ3) is 3.45. The third-order valence-corrected chi connectivity index (χ3v) is 5.70. The second-order valence-electron chi connectivity index (χ2n) is 6.58. The zero-order valence-electron chi connectivity index (χ0n) is 14.1. The summed E-state index contributed by atoms with van der Waals surface area (Å²) < 4.78 is 5.75. The van der Waals surface area contributed by atoms with Gasteiger partial charge in [0.25, 0.3) is 0 Å². The lowest BCUT2D eigenvalue weighted by atomic mass is 10.1. The van der Waals surface area contributed by atoms with Crippen LogP contribution < -0.4 is 4.90 Å². The van der Waals surface area contributed by atoms with E-state index in [0.717, 1.165) is 56.5 Å². The van der Waals surface area contributed by atoms with Crippen molar-refractivity contribution in [2.75, 3.05) is 37.7 Å². The summed E-state index contributed by atoms with van der Waals surface area (Å²) in [7, 11) is 0. The summed E-state index contributed by atoms with van der Waals surface area (Å²) in [5.41, 5.74) is 3.34. The van der Waals surface area contributed by atoms with Crippen molar-refractivity contribution in [1.29, 1.82) is 0 Å². The average Bonchev–Trinajstić information content (AvgIpc) is 3.27. The molecule has 24 heavy (non-hydrogen) atoms. The van der Waals surface area contributed by atoms with Gasteiger partial charge in [-0.25, -0.2) is 4.98 Å². The standard InChI is InChI=1S/C18H24N4OS/c1-14-5-4-6-15(19-14)11-22-9-10-23-12-17(22)16-13-24-18(20-16)21-7-2-3-8-21/h4-6,13,17H,2-3,7-12H2,1H3/t17-/m0/s1. The Balaban J connectivity index is 1.51. The van der Waals surface area contributed by atoms with E-state index in [1.54, 1.807) is 11.3 Å². The van der Waals surface area contributed by atoms with Gasteiger partial charge in [-0.3, -0.25) is 9.88 Å². The molecule has 2 aliphatic rings. The van der Waals surface area contributed by atoms with Gasteiger partial charge in [-0.05, 0) is 31.9 Å². The first-order valence-electron chi connectivity index (χ1n) is 8.74. The average molecular weight is 344 g/mol. The number of nitrogens with zero attached hydrogens (tertiary/aromatic N) is 4. The maximum atomic E-state index is 5.75. The molecule has 0 bridgehead atoms. The summed E-state index contributed by atoms with van der Waals surface area (Å²) >= 11 is 1.77. The van der Waals surface area contributed by atoms with Gasteiger partial charge in [0.15, 0.2) is 5.13 Å². The summed E-state index contributed by atoms with van der Waals surface area (Å²) in [5, 5.41) is 3.38. The van der Waals surface area contributed by atoms with E-state index in [-0.39, 0.29) is 6.04 Å². The van der Waals surface area contributed by atoms with E-state index in [0.29, 0.717) is 0 Å². The van der Waals surface area contributed by atoms with Crippen LogP contribution in [0.1, 0.15) is 36.0 Å². The van der Waals surface area contributed by atoms with Crippen molar-refractivity contribution in [3.05, 3.63) is 40.7 Å². The van der Waals surface area contributed by atoms with Crippen molar-refractivity contribution >= 4 is 16.5 Å². The van der Waals surface area contributed by atoms with Gasteiger partial charge in [0.05, 0.1) is 30.6 Å². The second kappa shape index (κ2) is 7.17. The summed E-state index contributed by atoms with van der Waals surface area (Å²) in [6.07, 6.45) is 2.57. The van der Waals surface area contributed by atoms with Crippen molar-refractivity contribution < 1.29 is 4.74 Å². The van der Waals surface area contributed by atoms with Gasteiger partial charge in [-0.1, -0.05) is 6.07 Å². The number of aromatic nitrogens is 2. The normalized spacial score (nSPS) is 22.2. The van der Waals surface area contributed by atoms with Crippen LogP contribution in [0.25, 0.3) is 0 Å². The molecule has 2 aromatic rings. The number of hydrogen-bond acceptors (Lipinski definition) is 6. The summed E-state index contributed by atoms with van der Waals surface area (Å²) in [6, 6.07) is 6.47. The van der Waals surface area contributed by atoms with E-state index in [4.69, 9.17) is 9.72 Å². The summed E-state index contributed by atoms with van der Waals surface area (Å²) in [6.45, 7) is 7.61. The molecule has 2 aromatic heterocycles. The highest BCUT2D eigenvalue weighted by Gasteiger charge is 2.28. The molecule has 0 unspecified atom stereocenters. The van der Waals surface area contributed by atoms with E-state index in [1.165, 1.54) is 18.0 Å². The summed E-state index contributed by atoms with van der Waals surface area (Å²) in [4.78, 5) is 14.4. The molecule has 2 aliphatic heterocycles. The zero-order chi connectivity index (χ0) is 16.4. The maximum absolute atomic E-state index is 5.75. The van der Waals surface area contributed by atoms with Crippen molar-refractivity contribution in [1.82, 2.24) is 14.9 Å². The van der Waals surface area contributed by atoms with Gasteiger partial charge in [-0.15, -0.1) is 11.3 Å². The van der Waals surface area contributed by atoms with Gasteiger partial charge >= 0.3 is 0 Å². The highest BCUT2D eigenvalue weighted by atomic mass is 32.1. The van der Waals surface area contributed by atoms with Crippen LogP contribution in [0, 0.1) is 6.92 Å². The third-order valence-electron chi connectivity index (χ3n) is 4.78.